The molecule has 4 atom stereocenters. The molecule has 0 unspecified atom stereocenters. The minimum absolute atomic E-state index is 0.00278. The van der Waals surface area contributed by atoms with Gasteiger partial charge < -0.3 is 10.6 Å². The average Bonchev–Trinajstić information content (AvgIpc) is 3.27. The van der Waals surface area contributed by atoms with Gasteiger partial charge >= 0.3 is 6.18 Å². The third-order valence-electron chi connectivity index (χ3n) is 6.37. The Morgan fingerprint density at radius 1 is 1.23 bits per heavy atom. The second kappa shape index (κ2) is 8.47. The third kappa shape index (κ3) is 4.36. The van der Waals surface area contributed by atoms with Gasteiger partial charge in [0.25, 0.3) is 0 Å². The Morgan fingerprint density at radius 3 is 2.43 bits per heavy atom. The lowest BCUT2D eigenvalue weighted by Crippen LogP contribution is -2.48. The van der Waals surface area contributed by atoms with E-state index in [0.717, 1.165) is 43.5 Å². The number of carbonyl (C=O) groups is 1. The van der Waals surface area contributed by atoms with E-state index in [1.165, 1.54) is 4.31 Å². The molecule has 2 fully saturated rings. The number of carbonyl (C=O) groups excluding carboxylic acids is 1. The maximum absolute atomic E-state index is 13.0. The Labute approximate surface area is 175 Å². The Morgan fingerprint density at radius 2 is 1.87 bits per heavy atom. The molecule has 1 saturated heterocycles. The van der Waals surface area contributed by atoms with Gasteiger partial charge in [-0.25, -0.2) is 8.42 Å². The molecule has 0 bridgehead atoms. The number of hydrogen-bond acceptors (Lipinski definition) is 4. The number of rotatable bonds is 6. The van der Waals surface area contributed by atoms with Crippen LogP contribution in [0.25, 0.3) is 0 Å². The van der Waals surface area contributed by atoms with Gasteiger partial charge in [-0.2, -0.15) is 17.5 Å². The first-order valence-corrected chi connectivity index (χ1v) is 11.6. The lowest BCUT2D eigenvalue weighted by molar-refractivity contribution is -0.137. The maximum atomic E-state index is 13.0. The highest BCUT2D eigenvalue weighted by molar-refractivity contribution is 7.89. The van der Waals surface area contributed by atoms with E-state index in [2.05, 4.69) is 0 Å². The van der Waals surface area contributed by atoms with Crippen LogP contribution in [0.1, 0.15) is 38.2 Å². The van der Waals surface area contributed by atoms with Crippen molar-refractivity contribution in [3.05, 3.63) is 29.8 Å². The van der Waals surface area contributed by atoms with Gasteiger partial charge in [0.2, 0.25) is 15.9 Å². The van der Waals surface area contributed by atoms with Gasteiger partial charge in [-0.1, -0.05) is 13.3 Å². The molecule has 30 heavy (non-hydrogen) atoms. The Hall–Kier alpha value is -1.65. The molecule has 0 radical (unpaired) electrons. The zero-order valence-electron chi connectivity index (χ0n) is 17.1. The number of likely N-dealkylation sites (N-methyl/N-ethyl adjacent to an activating group) is 1. The molecule has 168 valence electrons. The molecule has 6 nitrogen and oxygen atoms in total. The summed E-state index contributed by atoms with van der Waals surface area (Å²) in [5, 5.41) is 0. The Balaban J connectivity index is 1.73. The van der Waals surface area contributed by atoms with E-state index in [9.17, 15) is 26.4 Å². The number of fused-ring (bicyclic) bond motifs is 1. The molecule has 0 spiro atoms. The van der Waals surface area contributed by atoms with Crippen LogP contribution >= 0.6 is 0 Å². The highest BCUT2D eigenvalue weighted by atomic mass is 32.2. The van der Waals surface area contributed by atoms with Gasteiger partial charge in [0.15, 0.2) is 0 Å². The van der Waals surface area contributed by atoms with Crippen molar-refractivity contribution >= 4 is 15.9 Å². The lowest BCUT2D eigenvalue weighted by Gasteiger charge is -2.31. The second-order valence-corrected chi connectivity index (χ2v) is 10.2. The van der Waals surface area contributed by atoms with Crippen molar-refractivity contribution < 1.29 is 26.4 Å². The van der Waals surface area contributed by atoms with Crippen LogP contribution < -0.4 is 5.73 Å². The van der Waals surface area contributed by atoms with E-state index < -0.39 is 27.8 Å². The summed E-state index contributed by atoms with van der Waals surface area (Å²) >= 11 is 0. The smallest absolute Gasteiger partial charge is 0.341 e. The van der Waals surface area contributed by atoms with Crippen molar-refractivity contribution in [2.45, 2.75) is 55.8 Å². The summed E-state index contributed by atoms with van der Waals surface area (Å²) in [6, 6.07) is 2.93. The van der Waals surface area contributed by atoms with Crippen LogP contribution in [0.2, 0.25) is 0 Å². The molecular formula is C20H28F3N3O3S. The largest absolute Gasteiger partial charge is 0.416 e. The monoisotopic (exact) mass is 447 g/mol. The van der Waals surface area contributed by atoms with Crippen LogP contribution in [0, 0.1) is 11.8 Å². The number of benzene rings is 1. The summed E-state index contributed by atoms with van der Waals surface area (Å²) in [6.45, 7) is 2.52. The van der Waals surface area contributed by atoms with Crippen LogP contribution in [-0.4, -0.2) is 55.8 Å². The number of alkyl halides is 3. The van der Waals surface area contributed by atoms with Crippen LogP contribution in [0.3, 0.4) is 0 Å². The fourth-order valence-electron chi connectivity index (χ4n) is 4.70. The summed E-state index contributed by atoms with van der Waals surface area (Å²) in [6.07, 6.45) is -1.52. The van der Waals surface area contributed by atoms with Crippen molar-refractivity contribution in [3.8, 4) is 0 Å². The molecule has 10 heteroatoms. The van der Waals surface area contributed by atoms with Gasteiger partial charge in [0, 0.05) is 26.2 Å². The van der Waals surface area contributed by atoms with Gasteiger partial charge in [-0.3, -0.25) is 4.79 Å². The van der Waals surface area contributed by atoms with Crippen LogP contribution in [0.4, 0.5) is 13.2 Å². The van der Waals surface area contributed by atoms with E-state index in [1.807, 2.05) is 6.92 Å². The molecule has 3 rings (SSSR count). The minimum Gasteiger partial charge on any atom is -0.341 e. The topological polar surface area (TPSA) is 83.7 Å². The molecular weight excluding hydrogens is 419 g/mol. The molecule has 1 aliphatic heterocycles. The first kappa shape index (κ1) is 23.0. The summed E-state index contributed by atoms with van der Waals surface area (Å²) in [7, 11) is -2.18. The Bertz CT molecular complexity index is 874. The predicted molar refractivity (Wildman–Crippen MR) is 106 cm³/mol. The molecule has 1 amide bonds. The zero-order chi connectivity index (χ0) is 22.3. The number of nitrogens with zero attached hydrogens (tertiary/aromatic N) is 2. The van der Waals surface area contributed by atoms with Crippen molar-refractivity contribution in [1.29, 1.82) is 0 Å². The quantitative estimate of drug-likeness (QED) is 0.727. The second-order valence-electron chi connectivity index (χ2n) is 8.26. The van der Waals surface area contributed by atoms with Gasteiger partial charge in [0.05, 0.1) is 16.5 Å². The summed E-state index contributed by atoms with van der Waals surface area (Å²) in [5.41, 5.74) is 5.09. The highest BCUT2D eigenvalue weighted by Gasteiger charge is 2.48. The molecule has 1 aromatic rings. The molecule has 0 aromatic heterocycles. The SMILES string of the molecule is CCC[C@H](N)C(=O)N(C)[C@H]1CC[C@@H]2CN(S(=O)(=O)c3ccc(C(F)(F)F)cc3)C[C@@H]21. The minimum atomic E-state index is -4.52. The molecule has 1 aliphatic carbocycles. The lowest BCUT2D eigenvalue weighted by atomic mass is 9.96. The highest BCUT2D eigenvalue weighted by Crippen LogP contribution is 2.42. The number of halogens is 3. The first-order chi connectivity index (χ1) is 14.0. The van der Waals surface area contributed by atoms with Crippen molar-refractivity contribution in [2.75, 3.05) is 20.1 Å². The van der Waals surface area contributed by atoms with Gasteiger partial charge in [0.1, 0.15) is 0 Å². The summed E-state index contributed by atoms with van der Waals surface area (Å²) < 4.78 is 65.6. The van der Waals surface area contributed by atoms with Crippen LogP contribution in [0.5, 0.6) is 0 Å². The van der Waals surface area contributed by atoms with Crippen molar-refractivity contribution in [3.63, 3.8) is 0 Å². The van der Waals surface area contributed by atoms with Crippen molar-refractivity contribution in [2.24, 2.45) is 17.6 Å². The summed E-state index contributed by atoms with van der Waals surface area (Å²) in [4.78, 5) is 14.1. The number of amides is 1. The number of hydrogen-bond donors (Lipinski definition) is 1. The van der Waals surface area contributed by atoms with E-state index >= 15 is 0 Å². The fraction of sp³-hybridized carbons (Fsp3) is 0.650. The van der Waals surface area contributed by atoms with Crippen molar-refractivity contribution in [1.82, 2.24) is 9.21 Å². The zero-order valence-corrected chi connectivity index (χ0v) is 17.9. The predicted octanol–water partition coefficient (Wildman–Crippen LogP) is 2.69. The van der Waals surface area contributed by atoms with Gasteiger partial charge in [-0.05, 0) is 55.4 Å². The van der Waals surface area contributed by atoms with E-state index in [4.69, 9.17) is 5.73 Å². The number of nitrogens with two attached hydrogens (primary N) is 1. The molecule has 2 N–H and O–H groups in total. The fourth-order valence-corrected chi connectivity index (χ4v) is 6.23. The van der Waals surface area contributed by atoms with Gasteiger partial charge in [-0.15, -0.1) is 0 Å². The molecule has 2 aliphatic rings. The van der Waals surface area contributed by atoms with E-state index in [0.29, 0.717) is 13.0 Å². The summed E-state index contributed by atoms with van der Waals surface area (Å²) in [5.74, 6) is -0.0135. The first-order valence-electron chi connectivity index (χ1n) is 10.2. The normalized spacial score (nSPS) is 25.9. The standard InChI is InChI=1S/C20H28F3N3O3S/c1-3-4-17(24)19(27)25(2)18-10-5-13-11-26(12-16(13)18)30(28,29)15-8-6-14(7-9-15)20(21,22)23/h6-9,13,16-18H,3-5,10-12,24H2,1-2H3/t13-,16+,17+,18+/m1/s1. The third-order valence-corrected chi connectivity index (χ3v) is 8.21. The average molecular weight is 448 g/mol. The maximum Gasteiger partial charge on any atom is 0.416 e. The van der Waals surface area contributed by atoms with E-state index in [1.54, 1.807) is 11.9 Å². The van der Waals surface area contributed by atoms with E-state index in [-0.39, 0.29) is 35.2 Å². The molecule has 1 heterocycles. The number of sulfonamides is 1. The molecule has 1 saturated carbocycles. The van der Waals surface area contributed by atoms with Crippen LogP contribution in [0.15, 0.2) is 29.2 Å². The van der Waals surface area contributed by atoms with Crippen LogP contribution in [-0.2, 0) is 21.0 Å². The molecule has 1 aromatic carbocycles. The Kier molecular flexibility index (Phi) is 6.50.